The van der Waals surface area contributed by atoms with E-state index in [1.54, 1.807) is 0 Å². The molecule has 3 heterocycles. The molecule has 1 N–H and O–H groups in total. The highest BCUT2D eigenvalue weighted by Gasteiger charge is 2.39. The molecular formula is C11H14Cl2N2. The van der Waals surface area contributed by atoms with Crippen LogP contribution < -0.4 is 5.32 Å². The highest BCUT2D eigenvalue weighted by atomic mass is 35.5. The van der Waals surface area contributed by atoms with Crippen LogP contribution in [0.4, 0.5) is 0 Å². The highest BCUT2D eigenvalue weighted by Crippen LogP contribution is 2.39. The normalized spacial score (nSPS) is 32.7. The van der Waals surface area contributed by atoms with Crippen LogP contribution in [0.2, 0.25) is 5.15 Å². The number of nitrogens with one attached hydrogen (secondary N) is 1. The molecule has 0 saturated carbocycles. The van der Waals surface area contributed by atoms with Crippen molar-refractivity contribution in [2.75, 3.05) is 0 Å². The van der Waals surface area contributed by atoms with Crippen LogP contribution in [0.5, 0.6) is 0 Å². The first-order valence-electron chi connectivity index (χ1n) is 5.20. The summed E-state index contributed by atoms with van der Waals surface area (Å²) in [4.78, 5) is 4.14. The number of aromatic nitrogens is 1. The van der Waals surface area contributed by atoms with Crippen molar-refractivity contribution in [3.05, 3.63) is 29.0 Å². The number of hydrogen-bond donors (Lipinski definition) is 1. The summed E-state index contributed by atoms with van der Waals surface area (Å²) in [6.07, 6.45) is 5.86. The van der Waals surface area contributed by atoms with E-state index in [0.717, 1.165) is 6.04 Å². The smallest absolute Gasteiger partial charge is 0.129 e. The van der Waals surface area contributed by atoms with E-state index in [2.05, 4.69) is 16.4 Å². The lowest BCUT2D eigenvalue weighted by Crippen LogP contribution is -2.21. The van der Waals surface area contributed by atoms with Crippen LogP contribution in [0, 0.1) is 0 Å². The zero-order valence-electron chi connectivity index (χ0n) is 8.32. The largest absolute Gasteiger partial charge is 0.311 e. The molecule has 82 valence electrons. The molecule has 2 aliphatic rings. The topological polar surface area (TPSA) is 24.9 Å². The molecule has 0 radical (unpaired) electrons. The van der Waals surface area contributed by atoms with E-state index in [1.807, 2.05) is 12.3 Å². The molecule has 2 nitrogen and oxygen atoms in total. The molecular weight excluding hydrogens is 231 g/mol. The Bertz CT molecular complexity index is 339. The van der Waals surface area contributed by atoms with Crippen molar-refractivity contribution in [3.63, 3.8) is 0 Å². The third-order valence-corrected chi connectivity index (χ3v) is 3.70. The van der Waals surface area contributed by atoms with Crippen molar-refractivity contribution >= 4 is 24.0 Å². The second-order valence-electron chi connectivity index (χ2n) is 4.30. The van der Waals surface area contributed by atoms with Gasteiger partial charge in [-0.2, -0.15) is 0 Å². The van der Waals surface area contributed by atoms with Gasteiger partial charge in [0.25, 0.3) is 0 Å². The Morgan fingerprint density at radius 2 is 2.20 bits per heavy atom. The maximum atomic E-state index is 5.77. The van der Waals surface area contributed by atoms with Crippen LogP contribution in [0.25, 0.3) is 0 Å². The first kappa shape index (κ1) is 11.2. The van der Waals surface area contributed by atoms with Gasteiger partial charge in [-0.25, -0.2) is 4.98 Å². The second-order valence-corrected chi connectivity index (χ2v) is 4.69. The van der Waals surface area contributed by atoms with Gasteiger partial charge in [0.05, 0.1) is 0 Å². The van der Waals surface area contributed by atoms with Crippen molar-refractivity contribution < 1.29 is 0 Å². The number of halogens is 2. The standard InChI is InChI=1S/C11H13ClN2.ClH/c12-11-4-1-7(6-13-11)9-5-8-2-3-10(9)14-8;/h1,4,6,8-10,14H,2-3,5H2;1H/t8?,9-,10?;/m1./s1. The zero-order chi connectivity index (χ0) is 9.54. The molecule has 0 aromatic carbocycles. The van der Waals surface area contributed by atoms with E-state index >= 15 is 0 Å². The number of fused-ring (bicyclic) bond motifs is 2. The van der Waals surface area contributed by atoms with Crippen LogP contribution in [-0.4, -0.2) is 17.1 Å². The minimum Gasteiger partial charge on any atom is -0.311 e. The maximum absolute atomic E-state index is 5.77. The summed E-state index contributed by atoms with van der Waals surface area (Å²) in [7, 11) is 0. The summed E-state index contributed by atoms with van der Waals surface area (Å²) in [5.41, 5.74) is 1.34. The van der Waals surface area contributed by atoms with Crippen LogP contribution in [0.3, 0.4) is 0 Å². The van der Waals surface area contributed by atoms with E-state index in [-0.39, 0.29) is 12.4 Å². The number of pyridine rings is 1. The highest BCUT2D eigenvalue weighted by molar-refractivity contribution is 6.29. The summed E-state index contributed by atoms with van der Waals surface area (Å²) >= 11 is 5.77. The molecule has 0 aliphatic carbocycles. The van der Waals surface area contributed by atoms with Gasteiger partial charge in [-0.3, -0.25) is 0 Å². The van der Waals surface area contributed by atoms with E-state index < -0.39 is 0 Å². The molecule has 0 spiro atoms. The molecule has 2 aliphatic heterocycles. The fourth-order valence-electron chi connectivity index (χ4n) is 2.80. The lowest BCUT2D eigenvalue weighted by Gasteiger charge is -2.19. The van der Waals surface area contributed by atoms with Crippen LogP contribution in [-0.2, 0) is 0 Å². The predicted octanol–water partition coefficient (Wildman–Crippen LogP) is 2.76. The van der Waals surface area contributed by atoms with Gasteiger partial charge in [-0.05, 0) is 30.9 Å². The lowest BCUT2D eigenvalue weighted by molar-refractivity contribution is 0.505. The van der Waals surface area contributed by atoms with E-state index in [0.29, 0.717) is 17.1 Å². The van der Waals surface area contributed by atoms with E-state index in [4.69, 9.17) is 11.6 Å². The summed E-state index contributed by atoms with van der Waals surface area (Å²) in [5, 5.41) is 4.22. The molecule has 15 heavy (non-hydrogen) atoms. The Morgan fingerprint density at radius 3 is 2.73 bits per heavy atom. The first-order valence-corrected chi connectivity index (χ1v) is 5.58. The number of nitrogens with zero attached hydrogens (tertiary/aromatic N) is 1. The summed E-state index contributed by atoms with van der Waals surface area (Å²) in [6, 6.07) is 5.44. The molecule has 2 bridgehead atoms. The minimum absolute atomic E-state index is 0. The molecule has 2 fully saturated rings. The van der Waals surface area contributed by atoms with Gasteiger partial charge in [0.1, 0.15) is 5.15 Å². The fourth-order valence-corrected chi connectivity index (χ4v) is 2.91. The summed E-state index contributed by atoms with van der Waals surface area (Å²) in [6.45, 7) is 0. The Kier molecular flexibility index (Phi) is 3.19. The van der Waals surface area contributed by atoms with E-state index in [9.17, 15) is 0 Å². The second kappa shape index (κ2) is 4.28. The molecule has 1 aromatic heterocycles. The molecule has 2 saturated heterocycles. The lowest BCUT2D eigenvalue weighted by atomic mass is 9.85. The average Bonchev–Trinajstić information content (AvgIpc) is 2.80. The third-order valence-electron chi connectivity index (χ3n) is 3.48. The van der Waals surface area contributed by atoms with Crippen molar-refractivity contribution in [3.8, 4) is 0 Å². The summed E-state index contributed by atoms with van der Waals surface area (Å²) < 4.78 is 0. The van der Waals surface area contributed by atoms with Gasteiger partial charge in [0, 0.05) is 24.2 Å². The number of hydrogen-bond acceptors (Lipinski definition) is 2. The van der Waals surface area contributed by atoms with Crippen molar-refractivity contribution in [2.24, 2.45) is 0 Å². The van der Waals surface area contributed by atoms with E-state index in [1.165, 1.54) is 24.8 Å². The average molecular weight is 245 g/mol. The van der Waals surface area contributed by atoms with Crippen molar-refractivity contribution in [1.29, 1.82) is 0 Å². The molecule has 3 atom stereocenters. The van der Waals surface area contributed by atoms with Gasteiger partial charge in [-0.1, -0.05) is 17.7 Å². The zero-order valence-corrected chi connectivity index (χ0v) is 9.89. The molecule has 4 heteroatoms. The predicted molar refractivity (Wildman–Crippen MR) is 63.8 cm³/mol. The minimum atomic E-state index is 0. The molecule has 2 unspecified atom stereocenters. The monoisotopic (exact) mass is 244 g/mol. The van der Waals surface area contributed by atoms with Gasteiger partial charge < -0.3 is 5.32 Å². The van der Waals surface area contributed by atoms with Gasteiger partial charge in [0.2, 0.25) is 0 Å². The Labute approximate surface area is 101 Å². The Morgan fingerprint density at radius 1 is 1.33 bits per heavy atom. The fraction of sp³-hybridized carbons (Fsp3) is 0.545. The van der Waals surface area contributed by atoms with Crippen molar-refractivity contribution in [2.45, 2.75) is 37.3 Å². The third kappa shape index (κ3) is 1.99. The quantitative estimate of drug-likeness (QED) is 0.769. The van der Waals surface area contributed by atoms with Crippen molar-refractivity contribution in [1.82, 2.24) is 10.3 Å². The Hall–Kier alpha value is -0.310. The SMILES string of the molecule is Cl.Clc1ccc([C@H]2CC3CCC2N3)cn1. The Balaban J connectivity index is 0.000000853. The van der Waals surface area contributed by atoms with Gasteiger partial charge in [0.15, 0.2) is 0 Å². The van der Waals surface area contributed by atoms with Crippen LogP contribution in [0.1, 0.15) is 30.7 Å². The number of rotatable bonds is 1. The molecule has 1 aromatic rings. The van der Waals surface area contributed by atoms with Gasteiger partial charge in [-0.15, -0.1) is 12.4 Å². The maximum Gasteiger partial charge on any atom is 0.129 e. The molecule has 0 amide bonds. The molecule has 3 rings (SSSR count). The van der Waals surface area contributed by atoms with Crippen LogP contribution in [0.15, 0.2) is 18.3 Å². The summed E-state index contributed by atoms with van der Waals surface area (Å²) in [5.74, 6) is 0.665. The van der Waals surface area contributed by atoms with Gasteiger partial charge >= 0.3 is 0 Å². The first-order chi connectivity index (χ1) is 6.83. The van der Waals surface area contributed by atoms with Crippen LogP contribution >= 0.6 is 24.0 Å².